The zero-order chi connectivity index (χ0) is 10.8. The molecule has 1 atom stereocenters. The molecular formula is C10H11N3O. The molecular weight excluding hydrogens is 178 g/mol. The molecule has 0 aromatic carbocycles. The molecule has 72 valence electrons. The largest absolute Gasteiger partial charge is 0.298 e. The molecule has 0 bridgehead atoms. The van der Waals surface area contributed by atoms with Crippen LogP contribution in [-0.4, -0.2) is 15.8 Å². The van der Waals surface area contributed by atoms with Gasteiger partial charge in [-0.2, -0.15) is 5.26 Å². The van der Waals surface area contributed by atoms with Gasteiger partial charge in [-0.15, -0.1) is 0 Å². The molecule has 0 spiro atoms. The lowest BCUT2D eigenvalue weighted by atomic mass is 9.87. The Morgan fingerprint density at radius 1 is 1.64 bits per heavy atom. The number of hydrogen-bond donors (Lipinski definition) is 0. The fourth-order valence-corrected chi connectivity index (χ4v) is 0.976. The van der Waals surface area contributed by atoms with Gasteiger partial charge in [0.25, 0.3) is 0 Å². The molecule has 0 aliphatic rings. The fourth-order valence-electron chi connectivity index (χ4n) is 0.976. The standard InChI is InChI=1S/C10H11N3O/c1-7-4-5-12-9(13-7)10(3,6-11)8(2)14/h4-5H,1-3H3. The molecule has 0 radical (unpaired) electrons. The fraction of sp³-hybridized carbons (Fsp3) is 0.400. The number of nitriles is 1. The lowest BCUT2D eigenvalue weighted by Crippen LogP contribution is -2.31. The van der Waals surface area contributed by atoms with E-state index >= 15 is 0 Å². The van der Waals surface area contributed by atoms with E-state index in [0.29, 0.717) is 0 Å². The number of ketones is 1. The molecule has 1 aromatic rings. The van der Waals surface area contributed by atoms with E-state index in [1.165, 1.54) is 13.8 Å². The van der Waals surface area contributed by atoms with Crippen molar-refractivity contribution in [1.29, 1.82) is 5.26 Å². The molecule has 1 rings (SSSR count). The van der Waals surface area contributed by atoms with Crippen LogP contribution in [0.15, 0.2) is 12.3 Å². The highest BCUT2D eigenvalue weighted by Crippen LogP contribution is 2.20. The number of nitrogens with zero attached hydrogens (tertiary/aromatic N) is 3. The number of hydrogen-bond acceptors (Lipinski definition) is 4. The Kier molecular flexibility index (Phi) is 2.61. The minimum atomic E-state index is -1.23. The van der Waals surface area contributed by atoms with E-state index in [9.17, 15) is 4.79 Å². The van der Waals surface area contributed by atoms with Crippen LogP contribution in [0, 0.1) is 18.3 Å². The van der Waals surface area contributed by atoms with E-state index in [0.717, 1.165) is 5.69 Å². The van der Waals surface area contributed by atoms with Gasteiger partial charge in [-0.25, -0.2) is 9.97 Å². The molecule has 0 saturated carbocycles. The minimum absolute atomic E-state index is 0.245. The average Bonchev–Trinajstić information content (AvgIpc) is 2.16. The Labute approximate surface area is 82.6 Å². The summed E-state index contributed by atoms with van der Waals surface area (Å²) in [7, 11) is 0. The number of Topliss-reactive ketones (excluding diaryl/α,β-unsaturated/α-hetero) is 1. The second-order valence-electron chi connectivity index (χ2n) is 3.31. The third kappa shape index (κ3) is 1.62. The predicted octanol–water partition coefficient (Wildman–Crippen LogP) is 1.16. The summed E-state index contributed by atoms with van der Waals surface area (Å²) in [6.07, 6.45) is 1.55. The Morgan fingerprint density at radius 2 is 2.29 bits per heavy atom. The van der Waals surface area contributed by atoms with Gasteiger partial charge in [0.2, 0.25) is 0 Å². The van der Waals surface area contributed by atoms with Crippen molar-refractivity contribution in [3.8, 4) is 6.07 Å². The maximum Gasteiger partial charge on any atom is 0.171 e. The summed E-state index contributed by atoms with van der Waals surface area (Å²) < 4.78 is 0. The Hall–Kier alpha value is -1.76. The smallest absolute Gasteiger partial charge is 0.171 e. The summed E-state index contributed by atoms with van der Waals surface area (Å²) in [5.41, 5.74) is -0.482. The molecule has 4 heteroatoms. The van der Waals surface area contributed by atoms with E-state index in [-0.39, 0.29) is 11.6 Å². The Morgan fingerprint density at radius 3 is 2.71 bits per heavy atom. The van der Waals surface area contributed by atoms with Gasteiger partial charge < -0.3 is 0 Å². The van der Waals surface area contributed by atoms with E-state index in [1.807, 2.05) is 6.07 Å². The minimum Gasteiger partial charge on any atom is -0.298 e. The van der Waals surface area contributed by atoms with Crippen molar-refractivity contribution in [1.82, 2.24) is 9.97 Å². The first-order valence-electron chi connectivity index (χ1n) is 4.23. The van der Waals surface area contributed by atoms with Gasteiger partial charge in [0.15, 0.2) is 17.0 Å². The van der Waals surface area contributed by atoms with Gasteiger partial charge in [-0.1, -0.05) is 0 Å². The van der Waals surface area contributed by atoms with Crippen molar-refractivity contribution in [2.24, 2.45) is 0 Å². The van der Waals surface area contributed by atoms with Crippen LogP contribution < -0.4 is 0 Å². The molecule has 0 amide bonds. The van der Waals surface area contributed by atoms with Gasteiger partial charge >= 0.3 is 0 Å². The molecule has 1 aromatic heterocycles. The molecule has 0 aliphatic heterocycles. The molecule has 0 fully saturated rings. The van der Waals surface area contributed by atoms with Gasteiger partial charge in [-0.05, 0) is 26.8 Å². The van der Waals surface area contributed by atoms with Crippen LogP contribution in [0.3, 0.4) is 0 Å². The van der Waals surface area contributed by atoms with Crippen LogP contribution >= 0.6 is 0 Å². The van der Waals surface area contributed by atoms with Gasteiger partial charge in [0.05, 0.1) is 6.07 Å². The Balaban J connectivity index is 3.28. The average molecular weight is 189 g/mol. The number of aryl methyl sites for hydroxylation is 1. The van der Waals surface area contributed by atoms with Crippen molar-refractivity contribution in [2.75, 3.05) is 0 Å². The summed E-state index contributed by atoms with van der Waals surface area (Å²) in [4.78, 5) is 19.3. The summed E-state index contributed by atoms with van der Waals surface area (Å²) in [5, 5.41) is 8.95. The van der Waals surface area contributed by atoms with Crippen LogP contribution in [0.25, 0.3) is 0 Å². The van der Waals surface area contributed by atoms with Crippen molar-refractivity contribution in [2.45, 2.75) is 26.2 Å². The molecule has 1 heterocycles. The first kappa shape index (κ1) is 10.3. The highest BCUT2D eigenvalue weighted by molar-refractivity contribution is 5.89. The van der Waals surface area contributed by atoms with Crippen LogP contribution in [0.5, 0.6) is 0 Å². The van der Waals surface area contributed by atoms with E-state index < -0.39 is 5.41 Å². The van der Waals surface area contributed by atoms with Crippen LogP contribution in [0.4, 0.5) is 0 Å². The van der Waals surface area contributed by atoms with Crippen molar-refractivity contribution in [3.63, 3.8) is 0 Å². The summed E-state index contributed by atoms with van der Waals surface area (Å²) in [6, 6.07) is 3.67. The number of aromatic nitrogens is 2. The third-order valence-corrected chi connectivity index (χ3v) is 2.17. The van der Waals surface area contributed by atoms with E-state index in [1.54, 1.807) is 19.2 Å². The molecule has 4 nitrogen and oxygen atoms in total. The maximum absolute atomic E-state index is 11.3. The first-order valence-corrected chi connectivity index (χ1v) is 4.23. The highest BCUT2D eigenvalue weighted by Gasteiger charge is 2.35. The maximum atomic E-state index is 11.3. The van der Waals surface area contributed by atoms with Crippen molar-refractivity contribution >= 4 is 5.78 Å². The second-order valence-corrected chi connectivity index (χ2v) is 3.31. The van der Waals surface area contributed by atoms with Gasteiger partial charge in [0, 0.05) is 11.9 Å². The molecule has 0 aliphatic carbocycles. The lowest BCUT2D eigenvalue weighted by Gasteiger charge is -2.15. The summed E-state index contributed by atoms with van der Waals surface area (Å²) in [5.74, 6) is 0.0260. The molecule has 14 heavy (non-hydrogen) atoms. The lowest BCUT2D eigenvalue weighted by molar-refractivity contribution is -0.120. The predicted molar refractivity (Wildman–Crippen MR) is 50.4 cm³/mol. The summed E-state index contributed by atoms with van der Waals surface area (Å²) >= 11 is 0. The first-order chi connectivity index (χ1) is 6.50. The second kappa shape index (κ2) is 3.54. The van der Waals surface area contributed by atoms with Crippen molar-refractivity contribution < 1.29 is 4.79 Å². The van der Waals surface area contributed by atoms with Crippen LogP contribution in [-0.2, 0) is 10.2 Å². The molecule has 0 N–H and O–H groups in total. The highest BCUT2D eigenvalue weighted by atomic mass is 16.1. The topological polar surface area (TPSA) is 66.6 Å². The third-order valence-electron chi connectivity index (χ3n) is 2.17. The van der Waals surface area contributed by atoms with Gasteiger partial charge in [0.1, 0.15) is 0 Å². The van der Waals surface area contributed by atoms with Gasteiger partial charge in [-0.3, -0.25) is 4.79 Å². The van der Waals surface area contributed by atoms with E-state index in [4.69, 9.17) is 5.26 Å². The summed E-state index contributed by atoms with van der Waals surface area (Å²) in [6.45, 7) is 4.70. The molecule has 0 saturated heterocycles. The Bertz CT molecular complexity index is 408. The zero-order valence-corrected chi connectivity index (χ0v) is 8.40. The van der Waals surface area contributed by atoms with Crippen LogP contribution in [0.2, 0.25) is 0 Å². The number of carbonyl (C=O) groups is 1. The molecule has 1 unspecified atom stereocenters. The quantitative estimate of drug-likeness (QED) is 0.700. The normalized spacial score (nSPS) is 14.1. The monoisotopic (exact) mass is 189 g/mol. The zero-order valence-electron chi connectivity index (χ0n) is 8.40. The number of carbonyl (C=O) groups excluding carboxylic acids is 1. The van der Waals surface area contributed by atoms with E-state index in [2.05, 4.69) is 9.97 Å². The SMILES string of the molecule is CC(=O)C(C)(C#N)c1nccc(C)n1. The van der Waals surface area contributed by atoms with Crippen molar-refractivity contribution in [3.05, 3.63) is 23.8 Å². The number of rotatable bonds is 2. The van der Waals surface area contributed by atoms with Crippen LogP contribution in [0.1, 0.15) is 25.4 Å².